The smallest absolute Gasteiger partial charge is 0.322 e. The minimum Gasteiger partial charge on any atom is -0.481 e. The minimum absolute atomic E-state index is 0.0231. The standard InChI is InChI=1S/C10H17N3O6S.C5H9NO4/c11-5(10(18)19)1-2-7(14)13-6(4-20)9(17)12-3-8(15)16;6-3(5(9)10)1-2-4(7)8/h5-6,20H,1-4,11H2,(H,12,17)(H,13,14)(H,15,16)(H,18,19);3H,1-2,6H2,(H,7,8)(H,9,10). The third kappa shape index (κ3) is 16.1. The summed E-state index contributed by atoms with van der Waals surface area (Å²) in [6, 6.07) is -3.21. The SMILES string of the molecule is NC(CCC(=O)NC(CS)C(=O)NCC(=O)O)C(=O)O.NC(CCC(=O)O)C(=O)O. The minimum atomic E-state index is -1.22. The van der Waals surface area contributed by atoms with E-state index in [1.807, 2.05) is 0 Å². The Morgan fingerprint density at radius 3 is 1.63 bits per heavy atom. The molecule has 0 heterocycles. The van der Waals surface area contributed by atoms with E-state index in [0.29, 0.717) is 0 Å². The van der Waals surface area contributed by atoms with Crippen LogP contribution in [0, 0.1) is 0 Å². The van der Waals surface area contributed by atoms with Gasteiger partial charge >= 0.3 is 23.9 Å². The first-order chi connectivity index (χ1) is 13.8. The van der Waals surface area contributed by atoms with Crippen molar-refractivity contribution in [1.82, 2.24) is 10.6 Å². The molecule has 0 aliphatic rings. The Labute approximate surface area is 176 Å². The van der Waals surface area contributed by atoms with E-state index in [9.17, 15) is 28.8 Å². The van der Waals surface area contributed by atoms with Crippen molar-refractivity contribution >= 4 is 48.3 Å². The van der Waals surface area contributed by atoms with Crippen LogP contribution in [0.4, 0.5) is 0 Å². The second-order valence-electron chi connectivity index (χ2n) is 5.77. The second-order valence-corrected chi connectivity index (χ2v) is 6.14. The molecule has 0 aliphatic heterocycles. The molecular formula is C15H26N4O10S. The summed E-state index contributed by atoms with van der Waals surface area (Å²) in [6.45, 7) is -0.567. The number of carboxylic acids is 4. The van der Waals surface area contributed by atoms with Crippen LogP contribution in [-0.4, -0.2) is 86.5 Å². The Hall–Kier alpha value is -2.91. The maximum Gasteiger partial charge on any atom is 0.322 e. The number of carboxylic acid groups (broad SMARTS) is 4. The third-order valence-corrected chi connectivity index (χ3v) is 3.60. The van der Waals surface area contributed by atoms with Crippen LogP contribution in [0.25, 0.3) is 0 Å². The normalized spacial score (nSPS) is 12.9. The monoisotopic (exact) mass is 454 g/mol. The van der Waals surface area contributed by atoms with Crippen LogP contribution in [0.3, 0.4) is 0 Å². The van der Waals surface area contributed by atoms with Crippen molar-refractivity contribution in [2.45, 2.75) is 43.8 Å². The predicted octanol–water partition coefficient (Wildman–Crippen LogP) is -2.94. The van der Waals surface area contributed by atoms with Crippen LogP contribution in [0.2, 0.25) is 0 Å². The Balaban J connectivity index is 0. The second kappa shape index (κ2) is 15.9. The molecule has 0 saturated carbocycles. The predicted molar refractivity (Wildman–Crippen MR) is 104 cm³/mol. The molecule has 15 heteroatoms. The first-order valence-electron chi connectivity index (χ1n) is 8.40. The lowest BCUT2D eigenvalue weighted by Crippen LogP contribution is -2.49. The molecule has 2 amide bonds. The van der Waals surface area contributed by atoms with Crippen molar-refractivity contribution < 1.29 is 49.2 Å². The number of hydrogen-bond acceptors (Lipinski definition) is 9. The van der Waals surface area contributed by atoms with Crippen molar-refractivity contribution in [2.75, 3.05) is 12.3 Å². The van der Waals surface area contributed by atoms with Gasteiger partial charge in [0.05, 0.1) is 0 Å². The molecule has 0 aromatic carbocycles. The van der Waals surface area contributed by atoms with Gasteiger partial charge in [-0.15, -0.1) is 0 Å². The van der Waals surface area contributed by atoms with Crippen LogP contribution < -0.4 is 22.1 Å². The van der Waals surface area contributed by atoms with Crippen molar-refractivity contribution in [3.63, 3.8) is 0 Å². The Morgan fingerprint density at radius 1 is 0.800 bits per heavy atom. The zero-order valence-corrected chi connectivity index (χ0v) is 16.7. The lowest BCUT2D eigenvalue weighted by molar-refractivity contribution is -0.141. The fraction of sp³-hybridized carbons (Fsp3) is 0.600. The number of thiol groups is 1. The number of aliphatic carboxylic acids is 4. The van der Waals surface area contributed by atoms with E-state index in [4.69, 9.17) is 31.9 Å². The highest BCUT2D eigenvalue weighted by atomic mass is 32.1. The molecule has 3 atom stereocenters. The molecular weight excluding hydrogens is 428 g/mol. The lowest BCUT2D eigenvalue weighted by Gasteiger charge is -2.16. The number of rotatable bonds is 13. The molecule has 0 aromatic heterocycles. The molecule has 0 bridgehead atoms. The topological polar surface area (TPSA) is 259 Å². The molecule has 172 valence electrons. The first kappa shape index (κ1) is 29.3. The van der Waals surface area contributed by atoms with Crippen LogP contribution in [0.1, 0.15) is 25.7 Å². The van der Waals surface area contributed by atoms with Crippen molar-refractivity contribution in [2.24, 2.45) is 11.5 Å². The molecule has 3 unspecified atom stereocenters. The molecule has 30 heavy (non-hydrogen) atoms. The summed E-state index contributed by atoms with van der Waals surface area (Å²) in [5.74, 6) is -5.90. The summed E-state index contributed by atoms with van der Waals surface area (Å²) in [5.41, 5.74) is 10.2. The van der Waals surface area contributed by atoms with Gasteiger partial charge in [-0.3, -0.25) is 28.8 Å². The summed E-state index contributed by atoms with van der Waals surface area (Å²) in [4.78, 5) is 63.6. The van der Waals surface area contributed by atoms with Crippen LogP contribution in [-0.2, 0) is 28.8 Å². The molecule has 0 radical (unpaired) electrons. The fourth-order valence-corrected chi connectivity index (χ4v) is 1.82. The average Bonchev–Trinajstić information content (AvgIpc) is 2.66. The molecule has 0 aromatic rings. The summed E-state index contributed by atoms with van der Waals surface area (Å²) < 4.78 is 0. The van der Waals surface area contributed by atoms with E-state index in [-0.39, 0.29) is 31.4 Å². The number of hydrogen-bond donors (Lipinski definition) is 9. The Morgan fingerprint density at radius 2 is 1.27 bits per heavy atom. The van der Waals surface area contributed by atoms with E-state index in [1.54, 1.807) is 0 Å². The van der Waals surface area contributed by atoms with Gasteiger partial charge in [0.15, 0.2) is 0 Å². The first-order valence-corrected chi connectivity index (χ1v) is 9.03. The van der Waals surface area contributed by atoms with Crippen molar-refractivity contribution in [3.8, 4) is 0 Å². The van der Waals surface area contributed by atoms with Gasteiger partial charge in [0.1, 0.15) is 24.7 Å². The number of carbonyl (C=O) groups is 6. The van der Waals surface area contributed by atoms with Crippen LogP contribution in [0.5, 0.6) is 0 Å². The Bertz CT molecular complexity index is 631. The molecule has 0 spiro atoms. The quantitative estimate of drug-likeness (QED) is 0.127. The third-order valence-electron chi connectivity index (χ3n) is 3.23. The van der Waals surface area contributed by atoms with Gasteiger partial charge in [-0.1, -0.05) is 0 Å². The summed E-state index contributed by atoms with van der Waals surface area (Å²) in [7, 11) is 0. The summed E-state index contributed by atoms with van der Waals surface area (Å²) in [6.07, 6.45) is -0.459. The van der Waals surface area contributed by atoms with Gasteiger partial charge in [0, 0.05) is 18.6 Å². The van der Waals surface area contributed by atoms with Gasteiger partial charge < -0.3 is 42.5 Å². The van der Waals surface area contributed by atoms with Crippen LogP contribution in [0.15, 0.2) is 0 Å². The lowest BCUT2D eigenvalue weighted by atomic mass is 10.1. The molecule has 0 fully saturated rings. The fourth-order valence-electron chi connectivity index (χ4n) is 1.56. The maximum atomic E-state index is 11.5. The molecule has 0 aliphatic carbocycles. The van der Waals surface area contributed by atoms with Crippen LogP contribution >= 0.6 is 12.6 Å². The number of carbonyl (C=O) groups excluding carboxylic acids is 2. The van der Waals surface area contributed by atoms with E-state index in [1.165, 1.54) is 0 Å². The highest BCUT2D eigenvalue weighted by Gasteiger charge is 2.21. The highest BCUT2D eigenvalue weighted by molar-refractivity contribution is 7.80. The van der Waals surface area contributed by atoms with E-state index < -0.39 is 60.4 Å². The summed E-state index contributed by atoms with van der Waals surface area (Å²) in [5, 5.41) is 37.6. The van der Waals surface area contributed by atoms with E-state index in [2.05, 4.69) is 23.3 Å². The largest absolute Gasteiger partial charge is 0.481 e. The average molecular weight is 454 g/mol. The van der Waals surface area contributed by atoms with E-state index in [0.717, 1.165) is 0 Å². The van der Waals surface area contributed by atoms with Crippen molar-refractivity contribution in [1.29, 1.82) is 0 Å². The van der Waals surface area contributed by atoms with Crippen molar-refractivity contribution in [3.05, 3.63) is 0 Å². The number of amides is 2. The van der Waals surface area contributed by atoms with Gasteiger partial charge in [0.2, 0.25) is 11.8 Å². The molecule has 0 rings (SSSR count). The Kier molecular flexibility index (Phi) is 15.6. The molecule has 0 saturated heterocycles. The van der Waals surface area contributed by atoms with E-state index >= 15 is 0 Å². The van der Waals surface area contributed by atoms with Gasteiger partial charge in [0.25, 0.3) is 0 Å². The zero-order chi connectivity index (χ0) is 23.9. The van der Waals surface area contributed by atoms with Gasteiger partial charge in [-0.2, -0.15) is 12.6 Å². The number of nitrogens with two attached hydrogens (primary N) is 2. The number of nitrogens with one attached hydrogen (secondary N) is 2. The zero-order valence-electron chi connectivity index (χ0n) is 15.8. The van der Waals surface area contributed by atoms with Gasteiger partial charge in [-0.05, 0) is 12.8 Å². The highest BCUT2D eigenvalue weighted by Crippen LogP contribution is 1.97. The molecule has 10 N–H and O–H groups in total. The van der Waals surface area contributed by atoms with Gasteiger partial charge in [-0.25, -0.2) is 0 Å². The summed E-state index contributed by atoms with van der Waals surface area (Å²) >= 11 is 3.87. The molecule has 14 nitrogen and oxygen atoms in total. The maximum absolute atomic E-state index is 11.5.